The Morgan fingerprint density at radius 2 is 1.52 bits per heavy atom. The molecule has 3 aromatic rings. The third-order valence-corrected chi connectivity index (χ3v) is 4.57. The monoisotopic (exact) mass is 327 g/mol. The maximum Gasteiger partial charge on any atom is 0.252 e. The summed E-state index contributed by atoms with van der Waals surface area (Å²) in [7, 11) is 0. The number of hydrogen-bond donors (Lipinski definition) is 1. The molecule has 122 valence electrons. The van der Waals surface area contributed by atoms with Crippen LogP contribution in [0, 0.1) is 0 Å². The van der Waals surface area contributed by atoms with Gasteiger partial charge in [0.15, 0.2) is 5.78 Å². The molecule has 1 aliphatic heterocycles. The van der Waals surface area contributed by atoms with E-state index in [0.29, 0.717) is 11.1 Å². The van der Waals surface area contributed by atoms with Crippen molar-refractivity contribution in [3.8, 4) is 11.1 Å². The molecule has 1 aliphatic rings. The van der Waals surface area contributed by atoms with E-state index < -0.39 is 0 Å². The van der Waals surface area contributed by atoms with Crippen molar-refractivity contribution in [1.29, 1.82) is 0 Å². The quantitative estimate of drug-likeness (QED) is 0.721. The number of rotatable bonds is 4. The number of nitrogens with one attached hydrogen (secondary N) is 1. The van der Waals surface area contributed by atoms with Crippen LogP contribution in [0.3, 0.4) is 0 Å². The van der Waals surface area contributed by atoms with Crippen molar-refractivity contribution in [3.63, 3.8) is 0 Å². The van der Waals surface area contributed by atoms with Gasteiger partial charge in [0.2, 0.25) is 0 Å². The van der Waals surface area contributed by atoms with Gasteiger partial charge in [-0.2, -0.15) is 0 Å². The van der Waals surface area contributed by atoms with Crippen LogP contribution in [0.4, 0.5) is 0 Å². The van der Waals surface area contributed by atoms with Gasteiger partial charge in [0.25, 0.3) is 5.91 Å². The maximum absolute atomic E-state index is 12.6. The fourth-order valence-electron chi connectivity index (χ4n) is 3.37. The average Bonchev–Trinajstić information content (AvgIpc) is 2.99. The molecule has 1 atom stereocenters. The average molecular weight is 327 g/mol. The molecule has 0 aliphatic carbocycles. The van der Waals surface area contributed by atoms with Crippen molar-refractivity contribution in [3.05, 3.63) is 95.6 Å². The van der Waals surface area contributed by atoms with E-state index in [1.54, 1.807) is 12.1 Å². The summed E-state index contributed by atoms with van der Waals surface area (Å²) in [5.41, 5.74) is 4.16. The Morgan fingerprint density at radius 3 is 2.24 bits per heavy atom. The molecule has 3 aromatic carbocycles. The Hall–Kier alpha value is -3.20. The first-order chi connectivity index (χ1) is 12.2. The Balaban J connectivity index is 1.68. The highest BCUT2D eigenvalue weighted by Gasteiger charge is 2.32. The van der Waals surface area contributed by atoms with Crippen molar-refractivity contribution in [2.24, 2.45) is 0 Å². The van der Waals surface area contributed by atoms with E-state index in [2.05, 4.69) is 5.32 Å². The van der Waals surface area contributed by atoms with E-state index in [1.807, 2.05) is 66.7 Å². The summed E-state index contributed by atoms with van der Waals surface area (Å²) in [5, 5.41) is 2.97. The van der Waals surface area contributed by atoms with E-state index in [9.17, 15) is 9.59 Å². The maximum atomic E-state index is 12.6. The minimum Gasteiger partial charge on any atom is -0.345 e. The first-order valence-electron chi connectivity index (χ1n) is 8.31. The Kier molecular flexibility index (Phi) is 3.90. The smallest absolute Gasteiger partial charge is 0.252 e. The number of hydrogen-bond acceptors (Lipinski definition) is 2. The lowest BCUT2D eigenvalue weighted by atomic mass is 9.92. The lowest BCUT2D eigenvalue weighted by molar-refractivity contribution is 0.0934. The minimum atomic E-state index is -0.279. The molecule has 0 saturated carbocycles. The van der Waals surface area contributed by atoms with Gasteiger partial charge in [-0.05, 0) is 16.7 Å². The molecule has 0 aromatic heterocycles. The van der Waals surface area contributed by atoms with Crippen LogP contribution in [0.5, 0.6) is 0 Å². The molecule has 4 rings (SSSR count). The van der Waals surface area contributed by atoms with Crippen molar-refractivity contribution >= 4 is 11.7 Å². The Bertz CT molecular complexity index is 933. The number of Topliss-reactive ketones (excluding diaryl/α,β-unsaturated/α-hetero) is 1. The number of amides is 1. The SMILES string of the molecule is O=C(C[C@@H]1NC(=O)c2c(-c3ccccc3)cccc21)c1ccccc1. The zero-order chi connectivity index (χ0) is 17.2. The molecular weight excluding hydrogens is 310 g/mol. The van der Waals surface area contributed by atoms with Crippen molar-refractivity contribution in [2.45, 2.75) is 12.5 Å². The molecule has 0 saturated heterocycles. The van der Waals surface area contributed by atoms with Crippen LogP contribution < -0.4 is 5.32 Å². The lowest BCUT2D eigenvalue weighted by Crippen LogP contribution is -2.21. The minimum absolute atomic E-state index is 0.0314. The summed E-state index contributed by atoms with van der Waals surface area (Å²) >= 11 is 0. The molecule has 3 heteroatoms. The zero-order valence-electron chi connectivity index (χ0n) is 13.6. The van der Waals surface area contributed by atoms with Crippen LogP contribution >= 0.6 is 0 Å². The highest BCUT2D eigenvalue weighted by molar-refractivity contribution is 6.06. The Morgan fingerprint density at radius 1 is 0.840 bits per heavy atom. The first kappa shape index (κ1) is 15.3. The predicted molar refractivity (Wildman–Crippen MR) is 97.5 cm³/mol. The van der Waals surface area contributed by atoms with Gasteiger partial charge >= 0.3 is 0 Å². The third-order valence-electron chi connectivity index (χ3n) is 4.57. The molecule has 1 N–H and O–H groups in total. The molecule has 1 heterocycles. The van der Waals surface area contributed by atoms with E-state index in [1.165, 1.54) is 0 Å². The number of benzene rings is 3. The molecule has 0 unspecified atom stereocenters. The lowest BCUT2D eigenvalue weighted by Gasteiger charge is -2.11. The first-order valence-corrected chi connectivity index (χ1v) is 8.31. The number of carbonyl (C=O) groups is 2. The zero-order valence-corrected chi connectivity index (χ0v) is 13.6. The van der Waals surface area contributed by atoms with Gasteiger partial charge in [-0.1, -0.05) is 78.9 Å². The van der Waals surface area contributed by atoms with E-state index in [0.717, 1.165) is 16.7 Å². The highest BCUT2D eigenvalue weighted by atomic mass is 16.2. The second kappa shape index (κ2) is 6.36. The van der Waals surface area contributed by atoms with Crippen LogP contribution in [0.2, 0.25) is 0 Å². The standard InChI is InChI=1S/C22H17NO2/c24-20(16-10-5-2-6-11-16)14-19-18-13-7-12-17(21(18)22(25)23-19)15-8-3-1-4-9-15/h1-13,19H,14H2,(H,23,25)/t19-/m0/s1. The van der Waals surface area contributed by atoms with Crippen LogP contribution in [-0.4, -0.2) is 11.7 Å². The predicted octanol–water partition coefficient (Wildman–Crippen LogP) is 4.41. The highest BCUT2D eigenvalue weighted by Crippen LogP contribution is 2.35. The van der Waals surface area contributed by atoms with Gasteiger partial charge in [0, 0.05) is 12.0 Å². The number of carbonyl (C=O) groups excluding carboxylic acids is 2. The molecule has 25 heavy (non-hydrogen) atoms. The van der Waals surface area contributed by atoms with Gasteiger partial charge in [-0.25, -0.2) is 0 Å². The molecular formula is C22H17NO2. The summed E-state index contributed by atoms with van der Waals surface area (Å²) in [6.07, 6.45) is 0.265. The van der Waals surface area contributed by atoms with Crippen LogP contribution in [0.15, 0.2) is 78.9 Å². The van der Waals surface area contributed by atoms with Gasteiger partial charge in [-0.15, -0.1) is 0 Å². The molecule has 0 spiro atoms. The van der Waals surface area contributed by atoms with Gasteiger partial charge in [-0.3, -0.25) is 9.59 Å². The summed E-state index contributed by atoms with van der Waals surface area (Å²) < 4.78 is 0. The van der Waals surface area contributed by atoms with Crippen LogP contribution in [-0.2, 0) is 0 Å². The Labute approximate surface area is 146 Å². The van der Waals surface area contributed by atoms with Crippen LogP contribution in [0.1, 0.15) is 38.7 Å². The molecule has 0 radical (unpaired) electrons. The molecule has 0 bridgehead atoms. The van der Waals surface area contributed by atoms with Gasteiger partial charge in [0.1, 0.15) is 0 Å². The van der Waals surface area contributed by atoms with Gasteiger partial charge < -0.3 is 5.32 Å². The summed E-state index contributed by atoms with van der Waals surface area (Å²) in [6, 6.07) is 24.6. The number of fused-ring (bicyclic) bond motifs is 1. The molecule has 1 amide bonds. The molecule has 3 nitrogen and oxygen atoms in total. The number of ketones is 1. The van der Waals surface area contributed by atoms with Crippen molar-refractivity contribution in [1.82, 2.24) is 5.32 Å². The second-order valence-electron chi connectivity index (χ2n) is 6.16. The van der Waals surface area contributed by atoms with E-state index in [4.69, 9.17) is 0 Å². The van der Waals surface area contributed by atoms with Crippen molar-refractivity contribution < 1.29 is 9.59 Å². The summed E-state index contributed by atoms with van der Waals surface area (Å²) in [6.45, 7) is 0. The summed E-state index contributed by atoms with van der Waals surface area (Å²) in [5.74, 6) is -0.0795. The second-order valence-corrected chi connectivity index (χ2v) is 6.16. The third kappa shape index (κ3) is 2.85. The van der Waals surface area contributed by atoms with Gasteiger partial charge in [0.05, 0.1) is 11.6 Å². The van der Waals surface area contributed by atoms with Crippen molar-refractivity contribution in [2.75, 3.05) is 0 Å². The van der Waals surface area contributed by atoms with Crippen LogP contribution in [0.25, 0.3) is 11.1 Å². The topological polar surface area (TPSA) is 46.2 Å². The van der Waals surface area contributed by atoms with E-state index in [-0.39, 0.29) is 24.2 Å². The fraction of sp³-hybridized carbons (Fsp3) is 0.0909. The fourth-order valence-corrected chi connectivity index (χ4v) is 3.37. The van der Waals surface area contributed by atoms with E-state index >= 15 is 0 Å². The summed E-state index contributed by atoms with van der Waals surface area (Å²) in [4.78, 5) is 25.1. The molecule has 0 fully saturated rings. The normalized spacial score (nSPS) is 15.5. The largest absolute Gasteiger partial charge is 0.345 e.